The molecule has 22 heavy (non-hydrogen) atoms. The highest BCUT2D eigenvalue weighted by atomic mass is 35.5. The second kappa shape index (κ2) is 7.52. The van der Waals surface area contributed by atoms with Gasteiger partial charge >= 0.3 is 0 Å². The molecule has 0 radical (unpaired) electrons. The Bertz CT molecular complexity index is 785. The molecule has 0 N–H and O–H groups in total. The molecular weight excluding hydrogens is 319 g/mol. The van der Waals surface area contributed by atoms with Crippen LogP contribution in [0, 0.1) is 22.7 Å². The van der Waals surface area contributed by atoms with Crippen LogP contribution in [0.25, 0.3) is 6.08 Å². The Morgan fingerprint density at radius 2 is 1.82 bits per heavy atom. The molecule has 0 amide bonds. The first-order chi connectivity index (χ1) is 10.6. The summed E-state index contributed by atoms with van der Waals surface area (Å²) in [4.78, 5) is 0. The van der Waals surface area contributed by atoms with Gasteiger partial charge in [-0.3, -0.25) is 0 Å². The van der Waals surface area contributed by atoms with Crippen LogP contribution >= 0.6 is 23.2 Å². The molecule has 0 saturated heterocycles. The summed E-state index contributed by atoms with van der Waals surface area (Å²) in [6.07, 6.45) is 1.51. The predicted molar refractivity (Wildman–Crippen MR) is 86.4 cm³/mol. The number of nitriles is 2. The lowest BCUT2D eigenvalue weighted by Gasteiger charge is -2.08. The van der Waals surface area contributed by atoms with Crippen molar-refractivity contribution in [3.63, 3.8) is 0 Å². The lowest BCUT2D eigenvalue weighted by atomic mass is 10.1. The van der Waals surface area contributed by atoms with Crippen LogP contribution in [-0.4, -0.2) is 0 Å². The fourth-order valence-electron chi connectivity index (χ4n) is 1.75. The summed E-state index contributed by atoms with van der Waals surface area (Å²) in [5, 5.41) is 18.5. The van der Waals surface area contributed by atoms with Crippen LogP contribution in [0.2, 0.25) is 10.0 Å². The maximum absolute atomic E-state index is 8.76. The van der Waals surface area contributed by atoms with E-state index in [1.165, 1.54) is 6.08 Å². The second-order valence-corrected chi connectivity index (χ2v) is 5.21. The van der Waals surface area contributed by atoms with Gasteiger partial charge in [0, 0.05) is 0 Å². The number of nitrogens with zero attached hydrogens (tertiary/aromatic N) is 2. The molecule has 0 saturated carbocycles. The lowest BCUT2D eigenvalue weighted by Crippen LogP contribution is -1.95. The Morgan fingerprint density at radius 3 is 2.50 bits per heavy atom. The van der Waals surface area contributed by atoms with Gasteiger partial charge in [-0.15, -0.1) is 0 Å². The number of halogens is 2. The summed E-state index contributed by atoms with van der Waals surface area (Å²) in [7, 11) is 0. The maximum atomic E-state index is 8.76. The van der Waals surface area contributed by atoms with Crippen molar-refractivity contribution in [1.82, 2.24) is 0 Å². The highest BCUT2D eigenvalue weighted by Crippen LogP contribution is 2.24. The smallest absolute Gasteiger partial charge is 0.130 e. The van der Waals surface area contributed by atoms with Crippen molar-refractivity contribution in [1.29, 1.82) is 10.5 Å². The largest absolute Gasteiger partial charge is 0.489 e. The summed E-state index contributed by atoms with van der Waals surface area (Å²) in [6.45, 7) is 0.341. The van der Waals surface area contributed by atoms with Gasteiger partial charge in [0.1, 0.15) is 30.1 Å². The normalized spacial score (nSPS) is 9.45. The summed E-state index contributed by atoms with van der Waals surface area (Å²) in [5.74, 6) is 0.634. The molecule has 2 aromatic carbocycles. The highest BCUT2D eigenvalue weighted by molar-refractivity contribution is 6.42. The van der Waals surface area contributed by atoms with Crippen molar-refractivity contribution < 1.29 is 4.74 Å². The predicted octanol–water partition coefficient (Wildman–Crippen LogP) is 5.00. The van der Waals surface area contributed by atoms with Crippen LogP contribution < -0.4 is 4.74 Å². The molecule has 5 heteroatoms. The lowest BCUT2D eigenvalue weighted by molar-refractivity contribution is 0.306. The molecule has 0 aliphatic rings. The van der Waals surface area contributed by atoms with E-state index < -0.39 is 0 Å². The number of hydrogen-bond donors (Lipinski definition) is 0. The highest BCUT2D eigenvalue weighted by Gasteiger charge is 2.02. The van der Waals surface area contributed by atoms with Crippen molar-refractivity contribution in [2.24, 2.45) is 0 Å². The summed E-state index contributed by atoms with van der Waals surface area (Å²) < 4.78 is 5.68. The van der Waals surface area contributed by atoms with Crippen molar-refractivity contribution in [3.05, 3.63) is 69.2 Å². The molecule has 0 spiro atoms. The second-order valence-electron chi connectivity index (χ2n) is 4.39. The standard InChI is InChI=1S/C17H10Cl2N2O/c18-16-5-4-13(8-17(16)19)11-22-15-3-1-2-12(7-15)6-14(9-20)10-21/h1-8H,11H2. The van der Waals surface area contributed by atoms with E-state index in [0.29, 0.717) is 22.4 Å². The van der Waals surface area contributed by atoms with Gasteiger partial charge in [-0.25, -0.2) is 0 Å². The molecule has 0 fully saturated rings. The minimum Gasteiger partial charge on any atom is -0.489 e. The first-order valence-electron chi connectivity index (χ1n) is 6.31. The van der Waals surface area contributed by atoms with Crippen LogP contribution in [0.15, 0.2) is 48.0 Å². The average Bonchev–Trinajstić information content (AvgIpc) is 2.54. The number of hydrogen-bond acceptors (Lipinski definition) is 3. The Labute approximate surface area is 138 Å². The van der Waals surface area contributed by atoms with Crippen molar-refractivity contribution in [3.8, 4) is 17.9 Å². The maximum Gasteiger partial charge on any atom is 0.130 e. The third-order valence-electron chi connectivity index (χ3n) is 2.80. The third kappa shape index (κ3) is 4.27. The van der Waals surface area contributed by atoms with E-state index in [2.05, 4.69) is 0 Å². The van der Waals surface area contributed by atoms with Gasteiger partial charge < -0.3 is 4.74 Å². The number of rotatable bonds is 4. The van der Waals surface area contributed by atoms with Crippen LogP contribution in [0.4, 0.5) is 0 Å². The Morgan fingerprint density at radius 1 is 1.05 bits per heavy atom. The molecule has 0 atom stereocenters. The minimum absolute atomic E-state index is 0.0432. The topological polar surface area (TPSA) is 56.8 Å². The summed E-state index contributed by atoms with van der Waals surface area (Å²) in [5.41, 5.74) is 1.66. The summed E-state index contributed by atoms with van der Waals surface area (Å²) >= 11 is 11.8. The quantitative estimate of drug-likeness (QED) is 0.742. The van der Waals surface area contributed by atoms with Gasteiger partial charge in [0.05, 0.1) is 10.0 Å². The molecule has 0 aromatic heterocycles. The molecule has 0 aliphatic carbocycles. The van der Waals surface area contributed by atoms with Gasteiger partial charge in [0.25, 0.3) is 0 Å². The number of benzene rings is 2. The van der Waals surface area contributed by atoms with Gasteiger partial charge in [-0.1, -0.05) is 41.4 Å². The molecule has 2 aromatic rings. The van der Waals surface area contributed by atoms with Gasteiger partial charge in [0.2, 0.25) is 0 Å². The van der Waals surface area contributed by atoms with Crippen molar-refractivity contribution >= 4 is 29.3 Å². The van der Waals surface area contributed by atoms with Crippen molar-refractivity contribution in [2.75, 3.05) is 0 Å². The fraction of sp³-hybridized carbons (Fsp3) is 0.0588. The van der Waals surface area contributed by atoms with Crippen LogP contribution in [0.5, 0.6) is 5.75 Å². The minimum atomic E-state index is 0.0432. The van der Waals surface area contributed by atoms with Gasteiger partial charge in [0.15, 0.2) is 0 Å². The van der Waals surface area contributed by atoms with E-state index in [1.54, 1.807) is 36.4 Å². The molecule has 3 nitrogen and oxygen atoms in total. The molecule has 0 aliphatic heterocycles. The Balaban J connectivity index is 2.11. The molecule has 2 rings (SSSR count). The Hall–Kier alpha value is -2.46. The zero-order valence-corrected chi connectivity index (χ0v) is 12.9. The van der Waals surface area contributed by atoms with E-state index in [4.69, 9.17) is 38.5 Å². The third-order valence-corrected chi connectivity index (χ3v) is 3.54. The monoisotopic (exact) mass is 328 g/mol. The van der Waals surface area contributed by atoms with E-state index in [-0.39, 0.29) is 5.57 Å². The van der Waals surface area contributed by atoms with Crippen LogP contribution in [0.1, 0.15) is 11.1 Å². The molecule has 0 unspecified atom stereocenters. The number of ether oxygens (including phenoxy) is 1. The van der Waals surface area contributed by atoms with Gasteiger partial charge in [-0.05, 0) is 41.5 Å². The zero-order valence-electron chi connectivity index (χ0n) is 11.4. The molecule has 108 valence electrons. The Kier molecular flexibility index (Phi) is 5.44. The average molecular weight is 329 g/mol. The first-order valence-corrected chi connectivity index (χ1v) is 7.06. The zero-order chi connectivity index (χ0) is 15.9. The van der Waals surface area contributed by atoms with E-state index >= 15 is 0 Å². The SMILES string of the molecule is N#CC(C#N)=Cc1cccc(OCc2ccc(Cl)c(Cl)c2)c1. The van der Waals surface area contributed by atoms with E-state index in [1.807, 2.05) is 18.2 Å². The first kappa shape index (κ1) is 15.9. The molecular formula is C17H10Cl2N2O. The van der Waals surface area contributed by atoms with Crippen molar-refractivity contribution in [2.45, 2.75) is 6.61 Å². The molecule has 0 heterocycles. The van der Waals surface area contributed by atoms with E-state index in [0.717, 1.165) is 11.1 Å². The number of allylic oxidation sites excluding steroid dienone is 1. The van der Waals surface area contributed by atoms with Gasteiger partial charge in [-0.2, -0.15) is 10.5 Å². The van der Waals surface area contributed by atoms with Crippen LogP contribution in [-0.2, 0) is 6.61 Å². The van der Waals surface area contributed by atoms with E-state index in [9.17, 15) is 0 Å². The van der Waals surface area contributed by atoms with Crippen LogP contribution in [0.3, 0.4) is 0 Å². The summed E-state index contributed by atoms with van der Waals surface area (Å²) in [6, 6.07) is 16.1. The molecule has 0 bridgehead atoms. The fourth-order valence-corrected chi connectivity index (χ4v) is 2.07.